The van der Waals surface area contributed by atoms with E-state index in [0.717, 1.165) is 0 Å². The van der Waals surface area contributed by atoms with E-state index in [-0.39, 0.29) is 11.4 Å². The van der Waals surface area contributed by atoms with Gasteiger partial charge >= 0.3 is 0 Å². The lowest BCUT2D eigenvalue weighted by molar-refractivity contribution is 0.445. The highest BCUT2D eigenvalue weighted by Crippen LogP contribution is 2.13. The van der Waals surface area contributed by atoms with Crippen LogP contribution < -0.4 is 11.5 Å². The molecular formula is C10H20FN3. The Bertz CT molecular complexity index is 222. The largest absolute Gasteiger partial charge is 0.388 e. The predicted molar refractivity (Wildman–Crippen MR) is 58.9 cm³/mol. The molecule has 0 amide bonds. The minimum atomic E-state index is -0.321. The summed E-state index contributed by atoms with van der Waals surface area (Å²) in [5.74, 6) is 0.293. The second kappa shape index (κ2) is 5.75. The van der Waals surface area contributed by atoms with Gasteiger partial charge < -0.3 is 11.5 Å². The molecule has 0 heterocycles. The number of nitrogens with two attached hydrogens (primary N) is 2. The van der Waals surface area contributed by atoms with Crippen molar-refractivity contribution in [2.45, 2.75) is 39.2 Å². The Morgan fingerprint density at radius 3 is 2.50 bits per heavy atom. The molecule has 0 saturated carbocycles. The van der Waals surface area contributed by atoms with Crippen LogP contribution in [0.5, 0.6) is 0 Å². The molecule has 0 aliphatic heterocycles. The summed E-state index contributed by atoms with van der Waals surface area (Å²) in [6, 6.07) is 0. The van der Waals surface area contributed by atoms with Crippen LogP contribution in [0.2, 0.25) is 0 Å². The third kappa shape index (κ3) is 9.19. The summed E-state index contributed by atoms with van der Waals surface area (Å²) in [6.07, 6.45) is 2.42. The highest BCUT2D eigenvalue weighted by atomic mass is 19.1. The van der Waals surface area contributed by atoms with Crippen molar-refractivity contribution >= 4 is 5.84 Å². The summed E-state index contributed by atoms with van der Waals surface area (Å²) < 4.78 is 13.1. The number of nitrogens with zero attached hydrogens (tertiary/aromatic N) is 1. The van der Waals surface area contributed by atoms with Crippen LogP contribution in [0.25, 0.3) is 0 Å². The first-order valence-electron chi connectivity index (χ1n) is 4.71. The molecule has 0 aliphatic rings. The molecule has 0 aliphatic carbocycles. The Balaban J connectivity index is 3.85. The summed E-state index contributed by atoms with van der Waals surface area (Å²) in [7, 11) is 0. The maximum absolute atomic E-state index is 13.1. The number of hydrogen-bond acceptors (Lipinski definition) is 2. The molecule has 0 unspecified atom stereocenters. The lowest BCUT2D eigenvalue weighted by Gasteiger charge is -2.16. The molecular weight excluding hydrogens is 181 g/mol. The Morgan fingerprint density at radius 2 is 2.07 bits per heavy atom. The fraction of sp³-hybridized carbons (Fsp3) is 0.700. The zero-order valence-corrected chi connectivity index (χ0v) is 9.18. The lowest BCUT2D eigenvalue weighted by Crippen LogP contribution is -2.31. The van der Waals surface area contributed by atoms with Crippen molar-refractivity contribution < 1.29 is 4.39 Å². The number of allylic oxidation sites excluding steroid dienone is 1. The number of hydrogen-bond donors (Lipinski definition) is 2. The molecule has 0 bridgehead atoms. The molecule has 0 aromatic carbocycles. The van der Waals surface area contributed by atoms with Gasteiger partial charge in [-0.1, -0.05) is 0 Å². The van der Waals surface area contributed by atoms with Gasteiger partial charge in [0.15, 0.2) is 0 Å². The average Bonchev–Trinajstić information content (AvgIpc) is 1.99. The van der Waals surface area contributed by atoms with E-state index in [1.807, 2.05) is 13.8 Å². The summed E-state index contributed by atoms with van der Waals surface area (Å²) in [6.45, 7) is 5.73. The van der Waals surface area contributed by atoms with E-state index in [0.29, 0.717) is 25.2 Å². The fourth-order valence-corrected chi connectivity index (χ4v) is 0.832. The van der Waals surface area contributed by atoms with Crippen LogP contribution in [0.3, 0.4) is 0 Å². The molecule has 3 nitrogen and oxygen atoms in total. The van der Waals surface area contributed by atoms with E-state index >= 15 is 0 Å². The predicted octanol–water partition coefficient (Wildman–Crippen LogP) is 1.73. The van der Waals surface area contributed by atoms with Crippen molar-refractivity contribution in [3.63, 3.8) is 0 Å². The third-order valence-electron chi connectivity index (χ3n) is 1.66. The molecule has 4 N–H and O–H groups in total. The molecule has 0 atom stereocenters. The van der Waals surface area contributed by atoms with Crippen molar-refractivity contribution in [1.82, 2.24) is 0 Å². The maximum atomic E-state index is 13.1. The first kappa shape index (κ1) is 13.1. The summed E-state index contributed by atoms with van der Waals surface area (Å²) in [4.78, 5) is 3.86. The van der Waals surface area contributed by atoms with Crippen LogP contribution in [-0.4, -0.2) is 17.9 Å². The van der Waals surface area contributed by atoms with Gasteiger partial charge in [0.25, 0.3) is 0 Å². The third-order valence-corrected chi connectivity index (χ3v) is 1.66. The molecule has 0 aromatic heterocycles. The van der Waals surface area contributed by atoms with Crippen molar-refractivity contribution in [2.24, 2.45) is 16.5 Å². The smallest absolute Gasteiger partial charge is 0.0978 e. The monoisotopic (exact) mass is 201 g/mol. The second-order valence-corrected chi connectivity index (χ2v) is 4.12. The SMILES string of the molecule is CC(N)=NC/C=C(\F)CCC(C)(C)N. The topological polar surface area (TPSA) is 64.4 Å². The Labute approximate surface area is 85.1 Å². The Kier molecular flexibility index (Phi) is 5.38. The fourth-order valence-electron chi connectivity index (χ4n) is 0.832. The molecule has 4 heteroatoms. The molecule has 0 fully saturated rings. The van der Waals surface area contributed by atoms with Gasteiger partial charge in [0, 0.05) is 12.0 Å². The maximum Gasteiger partial charge on any atom is 0.0978 e. The number of rotatable bonds is 5. The minimum Gasteiger partial charge on any atom is -0.388 e. The first-order chi connectivity index (χ1) is 6.31. The zero-order chi connectivity index (χ0) is 11.2. The minimum absolute atomic E-state index is 0.173. The van der Waals surface area contributed by atoms with Crippen molar-refractivity contribution in [1.29, 1.82) is 0 Å². The van der Waals surface area contributed by atoms with E-state index < -0.39 is 0 Å². The molecule has 14 heavy (non-hydrogen) atoms. The lowest BCUT2D eigenvalue weighted by atomic mass is 10.00. The van der Waals surface area contributed by atoms with Crippen LogP contribution in [0.1, 0.15) is 33.6 Å². The van der Waals surface area contributed by atoms with Crippen LogP contribution >= 0.6 is 0 Å². The van der Waals surface area contributed by atoms with Gasteiger partial charge in [-0.25, -0.2) is 4.39 Å². The summed E-state index contributed by atoms with van der Waals surface area (Å²) >= 11 is 0. The highest BCUT2D eigenvalue weighted by molar-refractivity contribution is 5.77. The van der Waals surface area contributed by atoms with Gasteiger partial charge in [-0.05, 0) is 33.3 Å². The van der Waals surface area contributed by atoms with E-state index in [1.54, 1.807) is 6.92 Å². The van der Waals surface area contributed by atoms with E-state index in [9.17, 15) is 4.39 Å². The molecule has 0 saturated heterocycles. The van der Waals surface area contributed by atoms with Gasteiger partial charge in [0.05, 0.1) is 18.2 Å². The number of halogens is 1. The van der Waals surface area contributed by atoms with Gasteiger partial charge in [-0.3, -0.25) is 4.99 Å². The molecule has 82 valence electrons. The van der Waals surface area contributed by atoms with Crippen molar-refractivity contribution in [2.75, 3.05) is 6.54 Å². The van der Waals surface area contributed by atoms with Crippen LogP contribution in [0.15, 0.2) is 16.9 Å². The van der Waals surface area contributed by atoms with Crippen LogP contribution in [-0.2, 0) is 0 Å². The van der Waals surface area contributed by atoms with Gasteiger partial charge in [0.1, 0.15) is 0 Å². The summed E-state index contributed by atoms with van der Waals surface area (Å²) in [5.41, 5.74) is 10.7. The highest BCUT2D eigenvalue weighted by Gasteiger charge is 2.10. The zero-order valence-electron chi connectivity index (χ0n) is 9.18. The van der Waals surface area contributed by atoms with E-state index in [4.69, 9.17) is 11.5 Å². The van der Waals surface area contributed by atoms with Crippen molar-refractivity contribution in [3.8, 4) is 0 Å². The molecule has 0 radical (unpaired) electrons. The Morgan fingerprint density at radius 1 is 1.50 bits per heavy atom. The summed E-state index contributed by atoms with van der Waals surface area (Å²) in [5, 5.41) is 0. The molecule has 0 rings (SSSR count). The van der Waals surface area contributed by atoms with Crippen molar-refractivity contribution in [3.05, 3.63) is 11.9 Å². The van der Waals surface area contributed by atoms with Crippen LogP contribution in [0.4, 0.5) is 4.39 Å². The van der Waals surface area contributed by atoms with E-state index in [2.05, 4.69) is 4.99 Å². The molecule has 0 spiro atoms. The number of aliphatic imine (C=N–C) groups is 1. The van der Waals surface area contributed by atoms with Crippen LogP contribution in [0, 0.1) is 0 Å². The average molecular weight is 201 g/mol. The standard InChI is InChI=1S/C10H20FN3/c1-8(12)14-7-5-9(11)4-6-10(2,3)13/h5H,4,6-7,13H2,1-3H3,(H2,12,14)/b9-5-. The van der Waals surface area contributed by atoms with Gasteiger partial charge in [-0.2, -0.15) is 0 Å². The van der Waals surface area contributed by atoms with Gasteiger partial charge in [0.2, 0.25) is 0 Å². The van der Waals surface area contributed by atoms with E-state index in [1.165, 1.54) is 6.08 Å². The first-order valence-corrected chi connectivity index (χ1v) is 4.71. The normalized spacial score (nSPS) is 14.6. The van der Waals surface area contributed by atoms with Gasteiger partial charge in [-0.15, -0.1) is 0 Å². The second-order valence-electron chi connectivity index (χ2n) is 4.12. The number of amidine groups is 1. The molecule has 0 aromatic rings. The Hall–Kier alpha value is -0.900. The quantitative estimate of drug-likeness (QED) is 0.525.